The zero-order valence-corrected chi connectivity index (χ0v) is 12.8. The first kappa shape index (κ1) is 15.5. The molecule has 0 bridgehead atoms. The van der Waals surface area contributed by atoms with Crippen LogP contribution in [-0.4, -0.2) is 29.4 Å². The van der Waals surface area contributed by atoms with Crippen molar-refractivity contribution in [1.82, 2.24) is 5.32 Å². The fourth-order valence-corrected chi connectivity index (χ4v) is 2.39. The topological polar surface area (TPSA) is 95.5 Å². The molecule has 0 aromatic carbocycles. The molecular formula is C14H18N2O4S. The molecule has 1 aliphatic carbocycles. The van der Waals surface area contributed by atoms with E-state index in [1.54, 1.807) is 26.0 Å². The van der Waals surface area contributed by atoms with Gasteiger partial charge in [-0.2, -0.15) is 0 Å². The fourth-order valence-electron chi connectivity index (χ4n) is 1.56. The van der Waals surface area contributed by atoms with E-state index in [1.165, 1.54) is 11.3 Å². The molecule has 0 aliphatic heterocycles. The van der Waals surface area contributed by atoms with Crippen molar-refractivity contribution >= 4 is 34.1 Å². The van der Waals surface area contributed by atoms with Gasteiger partial charge in [0, 0.05) is 12.5 Å². The minimum Gasteiger partial charge on any atom is -0.481 e. The van der Waals surface area contributed by atoms with Crippen LogP contribution in [0.5, 0.6) is 0 Å². The number of rotatable bonds is 6. The summed E-state index contributed by atoms with van der Waals surface area (Å²) in [4.78, 5) is 35.0. The Bertz CT molecular complexity index is 575. The second kappa shape index (κ2) is 5.85. The number of thiophene rings is 1. The van der Waals surface area contributed by atoms with Gasteiger partial charge in [-0.1, -0.05) is 0 Å². The van der Waals surface area contributed by atoms with Crippen LogP contribution in [0.1, 0.15) is 36.4 Å². The van der Waals surface area contributed by atoms with Gasteiger partial charge in [-0.15, -0.1) is 11.3 Å². The highest BCUT2D eigenvalue weighted by Gasteiger charge is 2.30. The molecule has 0 spiro atoms. The van der Waals surface area contributed by atoms with E-state index < -0.39 is 11.4 Å². The standard InChI is InChI=1S/C14H18N2O4S/c1-14(2,13(19)20)7-15-12(18)9-5-6-10(21-9)16-11(17)8-3-4-8/h5-6,8H,3-4,7H2,1-2H3,(H,15,18)(H,16,17)(H,19,20). The van der Waals surface area contributed by atoms with E-state index in [2.05, 4.69) is 10.6 Å². The second-order valence-corrected chi connectivity index (χ2v) is 6.88. The Kier molecular flexibility index (Phi) is 4.32. The van der Waals surface area contributed by atoms with E-state index in [-0.39, 0.29) is 24.3 Å². The lowest BCUT2D eigenvalue weighted by molar-refractivity contribution is -0.146. The zero-order chi connectivity index (χ0) is 15.6. The van der Waals surface area contributed by atoms with Gasteiger partial charge in [0.1, 0.15) is 0 Å². The van der Waals surface area contributed by atoms with Gasteiger partial charge in [0.05, 0.1) is 15.3 Å². The van der Waals surface area contributed by atoms with Gasteiger partial charge in [-0.05, 0) is 38.8 Å². The van der Waals surface area contributed by atoms with Crippen molar-refractivity contribution in [1.29, 1.82) is 0 Å². The predicted octanol–water partition coefficient (Wildman–Crippen LogP) is 1.94. The highest BCUT2D eigenvalue weighted by Crippen LogP contribution is 2.31. The maximum atomic E-state index is 12.0. The third-order valence-electron chi connectivity index (χ3n) is 3.29. The SMILES string of the molecule is CC(C)(CNC(=O)c1ccc(NC(=O)C2CC2)s1)C(=O)O. The molecule has 1 saturated carbocycles. The fraction of sp³-hybridized carbons (Fsp3) is 0.500. The number of amides is 2. The molecule has 1 aliphatic rings. The summed E-state index contributed by atoms with van der Waals surface area (Å²) in [6.45, 7) is 3.14. The molecule has 1 aromatic rings. The molecule has 0 radical (unpaired) electrons. The number of anilines is 1. The normalized spacial score (nSPS) is 14.6. The minimum absolute atomic E-state index is 0.00387. The molecular weight excluding hydrogens is 292 g/mol. The molecule has 0 unspecified atom stereocenters. The predicted molar refractivity (Wildman–Crippen MR) is 79.4 cm³/mol. The summed E-state index contributed by atoms with van der Waals surface area (Å²) in [5.41, 5.74) is -1.02. The van der Waals surface area contributed by atoms with Crippen LogP contribution in [-0.2, 0) is 9.59 Å². The average Bonchev–Trinajstić information content (AvgIpc) is 3.17. The third kappa shape index (κ3) is 4.04. The van der Waals surface area contributed by atoms with Crippen LogP contribution < -0.4 is 10.6 Å². The van der Waals surface area contributed by atoms with Crippen molar-refractivity contribution in [3.63, 3.8) is 0 Å². The molecule has 1 fully saturated rings. The van der Waals surface area contributed by atoms with Crippen LogP contribution in [0.25, 0.3) is 0 Å². The van der Waals surface area contributed by atoms with Gasteiger partial charge in [-0.3, -0.25) is 14.4 Å². The number of nitrogens with one attached hydrogen (secondary N) is 2. The second-order valence-electron chi connectivity index (χ2n) is 5.80. The zero-order valence-electron chi connectivity index (χ0n) is 11.9. The van der Waals surface area contributed by atoms with Gasteiger partial charge in [0.2, 0.25) is 5.91 Å². The van der Waals surface area contributed by atoms with Crippen molar-refractivity contribution in [2.24, 2.45) is 11.3 Å². The summed E-state index contributed by atoms with van der Waals surface area (Å²) in [5, 5.41) is 15.0. The van der Waals surface area contributed by atoms with Crippen molar-refractivity contribution in [3.05, 3.63) is 17.0 Å². The number of hydrogen-bond acceptors (Lipinski definition) is 4. The first-order valence-electron chi connectivity index (χ1n) is 6.72. The van der Waals surface area contributed by atoms with Crippen molar-refractivity contribution in [2.75, 3.05) is 11.9 Å². The van der Waals surface area contributed by atoms with E-state index in [9.17, 15) is 14.4 Å². The molecule has 114 valence electrons. The monoisotopic (exact) mass is 310 g/mol. The maximum absolute atomic E-state index is 12.0. The summed E-state index contributed by atoms with van der Waals surface area (Å²) in [6, 6.07) is 3.30. The number of carboxylic acids is 1. The molecule has 0 saturated heterocycles. The summed E-state index contributed by atoms with van der Waals surface area (Å²) < 4.78 is 0. The van der Waals surface area contributed by atoms with Gasteiger partial charge in [-0.25, -0.2) is 0 Å². The smallest absolute Gasteiger partial charge is 0.310 e. The lowest BCUT2D eigenvalue weighted by atomic mass is 9.94. The van der Waals surface area contributed by atoms with Crippen LogP contribution in [0, 0.1) is 11.3 Å². The van der Waals surface area contributed by atoms with Gasteiger partial charge >= 0.3 is 5.97 Å². The number of aliphatic carboxylic acids is 1. The summed E-state index contributed by atoms with van der Waals surface area (Å²) in [5.74, 6) is -1.19. The van der Waals surface area contributed by atoms with Crippen LogP contribution >= 0.6 is 11.3 Å². The molecule has 7 heteroatoms. The van der Waals surface area contributed by atoms with E-state index in [0.29, 0.717) is 9.88 Å². The molecule has 6 nitrogen and oxygen atoms in total. The number of carboxylic acid groups (broad SMARTS) is 1. The molecule has 21 heavy (non-hydrogen) atoms. The largest absolute Gasteiger partial charge is 0.481 e. The van der Waals surface area contributed by atoms with Crippen molar-refractivity contribution < 1.29 is 19.5 Å². The molecule has 1 aromatic heterocycles. The van der Waals surface area contributed by atoms with Crippen LogP contribution in [0.4, 0.5) is 5.00 Å². The molecule has 2 rings (SSSR count). The lowest BCUT2D eigenvalue weighted by Gasteiger charge is -2.19. The highest BCUT2D eigenvalue weighted by atomic mass is 32.1. The van der Waals surface area contributed by atoms with Crippen LogP contribution in [0.15, 0.2) is 12.1 Å². The van der Waals surface area contributed by atoms with Gasteiger partial charge < -0.3 is 15.7 Å². The maximum Gasteiger partial charge on any atom is 0.310 e. The van der Waals surface area contributed by atoms with E-state index in [1.807, 2.05) is 0 Å². The van der Waals surface area contributed by atoms with Crippen LogP contribution in [0.3, 0.4) is 0 Å². The first-order valence-corrected chi connectivity index (χ1v) is 7.53. The number of hydrogen-bond donors (Lipinski definition) is 3. The molecule has 0 atom stereocenters. The Labute approximate surface area is 126 Å². The Morgan fingerprint density at radius 3 is 2.57 bits per heavy atom. The summed E-state index contributed by atoms with van der Waals surface area (Å²) >= 11 is 1.18. The minimum atomic E-state index is -1.02. The Hall–Kier alpha value is -1.89. The first-order chi connectivity index (χ1) is 9.79. The molecule has 2 amide bonds. The van der Waals surface area contributed by atoms with Gasteiger partial charge in [0.15, 0.2) is 0 Å². The Morgan fingerprint density at radius 1 is 1.33 bits per heavy atom. The van der Waals surface area contributed by atoms with Crippen LogP contribution in [0.2, 0.25) is 0 Å². The molecule has 1 heterocycles. The van der Waals surface area contributed by atoms with Crippen molar-refractivity contribution in [3.8, 4) is 0 Å². The van der Waals surface area contributed by atoms with E-state index in [0.717, 1.165) is 12.8 Å². The molecule has 3 N–H and O–H groups in total. The number of carbonyl (C=O) groups excluding carboxylic acids is 2. The van der Waals surface area contributed by atoms with E-state index in [4.69, 9.17) is 5.11 Å². The third-order valence-corrected chi connectivity index (χ3v) is 4.29. The summed E-state index contributed by atoms with van der Waals surface area (Å²) in [6.07, 6.45) is 1.85. The summed E-state index contributed by atoms with van der Waals surface area (Å²) in [7, 11) is 0. The average molecular weight is 310 g/mol. The van der Waals surface area contributed by atoms with Gasteiger partial charge in [0.25, 0.3) is 5.91 Å². The lowest BCUT2D eigenvalue weighted by Crippen LogP contribution is -2.38. The quantitative estimate of drug-likeness (QED) is 0.748. The Morgan fingerprint density at radius 2 is 2.00 bits per heavy atom. The Balaban J connectivity index is 1.89. The highest BCUT2D eigenvalue weighted by molar-refractivity contribution is 7.18. The number of carbonyl (C=O) groups is 3. The van der Waals surface area contributed by atoms with Crippen molar-refractivity contribution in [2.45, 2.75) is 26.7 Å². The van der Waals surface area contributed by atoms with E-state index >= 15 is 0 Å².